The highest BCUT2D eigenvalue weighted by atomic mass is 79.9. The van der Waals surface area contributed by atoms with Crippen LogP contribution in [0.1, 0.15) is 49.3 Å². The molecule has 6 heteroatoms. The molecule has 0 unspecified atom stereocenters. The van der Waals surface area contributed by atoms with Crippen LogP contribution in [0.15, 0.2) is 83.3 Å². The van der Waals surface area contributed by atoms with E-state index in [1.165, 1.54) is 5.56 Å². The van der Waals surface area contributed by atoms with Gasteiger partial charge in [0.1, 0.15) is 11.8 Å². The summed E-state index contributed by atoms with van der Waals surface area (Å²) in [6, 6.07) is 25.1. The van der Waals surface area contributed by atoms with Crippen molar-refractivity contribution in [2.24, 2.45) is 0 Å². The van der Waals surface area contributed by atoms with Gasteiger partial charge in [-0.3, -0.25) is 9.59 Å². The summed E-state index contributed by atoms with van der Waals surface area (Å²) < 4.78 is 6.85. The Bertz CT molecular complexity index is 1140. The third-order valence-electron chi connectivity index (χ3n) is 6.93. The van der Waals surface area contributed by atoms with Crippen molar-refractivity contribution in [2.75, 3.05) is 6.61 Å². The van der Waals surface area contributed by atoms with E-state index < -0.39 is 6.04 Å². The maximum atomic E-state index is 13.7. The lowest BCUT2D eigenvalue weighted by Crippen LogP contribution is -2.53. The van der Waals surface area contributed by atoms with Crippen molar-refractivity contribution in [3.05, 3.63) is 100 Å². The number of nitrogens with one attached hydrogen (secondary N) is 1. The number of ether oxygens (including phenoxy) is 1. The van der Waals surface area contributed by atoms with Crippen molar-refractivity contribution in [1.82, 2.24) is 10.2 Å². The van der Waals surface area contributed by atoms with Gasteiger partial charge in [0.05, 0.1) is 0 Å². The summed E-state index contributed by atoms with van der Waals surface area (Å²) in [5.74, 6) is 0.322. The molecule has 1 saturated carbocycles. The van der Waals surface area contributed by atoms with Crippen LogP contribution in [0.25, 0.3) is 0 Å². The molecular weight excluding hydrogens is 528 g/mol. The van der Waals surface area contributed by atoms with Gasteiger partial charge in [0.2, 0.25) is 5.91 Å². The van der Waals surface area contributed by atoms with Gasteiger partial charge < -0.3 is 15.0 Å². The Labute approximate surface area is 228 Å². The second kappa shape index (κ2) is 13.4. The number of hydrogen-bond acceptors (Lipinski definition) is 3. The molecule has 0 bridgehead atoms. The molecule has 37 heavy (non-hydrogen) atoms. The van der Waals surface area contributed by atoms with E-state index in [1.54, 1.807) is 4.90 Å². The lowest BCUT2D eigenvalue weighted by Gasteiger charge is -2.32. The summed E-state index contributed by atoms with van der Waals surface area (Å²) in [5, 5.41) is 3.23. The zero-order chi connectivity index (χ0) is 26.0. The predicted octanol–water partition coefficient (Wildman–Crippen LogP) is 6.09. The Morgan fingerprint density at radius 2 is 1.57 bits per heavy atom. The molecule has 0 saturated heterocycles. The van der Waals surface area contributed by atoms with E-state index in [2.05, 4.69) is 28.2 Å². The van der Waals surface area contributed by atoms with Crippen LogP contribution in [0, 0.1) is 0 Å². The first-order valence-corrected chi connectivity index (χ1v) is 13.9. The Hall–Kier alpha value is -3.12. The Morgan fingerprint density at radius 1 is 0.919 bits per heavy atom. The monoisotopic (exact) mass is 562 g/mol. The molecule has 0 heterocycles. The van der Waals surface area contributed by atoms with Gasteiger partial charge in [-0.05, 0) is 60.2 Å². The highest BCUT2D eigenvalue weighted by Gasteiger charge is 2.32. The first-order valence-electron chi connectivity index (χ1n) is 13.1. The SMILES string of the molecule is CCc1ccc(OCC(=O)N(Cc2ccc(Br)cc2)[C@H](Cc2ccccc2)C(=O)NC2CCCC2)cc1. The van der Waals surface area contributed by atoms with Crippen LogP contribution in [0.2, 0.25) is 0 Å². The number of carbonyl (C=O) groups is 2. The Balaban J connectivity index is 1.58. The van der Waals surface area contributed by atoms with Gasteiger partial charge in [0.15, 0.2) is 6.61 Å². The third kappa shape index (κ3) is 7.93. The molecule has 0 aliphatic heterocycles. The molecular formula is C31H35BrN2O3. The Kier molecular flexibility index (Phi) is 9.78. The molecule has 3 aromatic carbocycles. The minimum atomic E-state index is -0.648. The molecule has 1 fully saturated rings. The summed E-state index contributed by atoms with van der Waals surface area (Å²) in [7, 11) is 0. The molecule has 0 spiro atoms. The van der Waals surface area contributed by atoms with Crippen molar-refractivity contribution in [3.63, 3.8) is 0 Å². The smallest absolute Gasteiger partial charge is 0.261 e. The average molecular weight is 564 g/mol. The van der Waals surface area contributed by atoms with E-state index >= 15 is 0 Å². The fourth-order valence-corrected chi connectivity index (χ4v) is 5.02. The van der Waals surface area contributed by atoms with Crippen LogP contribution in [-0.4, -0.2) is 35.4 Å². The van der Waals surface area contributed by atoms with Gasteiger partial charge in [0, 0.05) is 23.5 Å². The highest BCUT2D eigenvalue weighted by molar-refractivity contribution is 9.10. The van der Waals surface area contributed by atoms with E-state index in [0.717, 1.165) is 47.7 Å². The van der Waals surface area contributed by atoms with Gasteiger partial charge in [-0.25, -0.2) is 0 Å². The number of halogens is 1. The number of benzene rings is 3. The van der Waals surface area contributed by atoms with Gasteiger partial charge in [0.25, 0.3) is 5.91 Å². The summed E-state index contributed by atoms with van der Waals surface area (Å²) in [4.78, 5) is 29.1. The third-order valence-corrected chi connectivity index (χ3v) is 7.46. The normalized spacial score (nSPS) is 14.2. The van der Waals surface area contributed by atoms with Crippen LogP contribution in [0.5, 0.6) is 5.75 Å². The minimum absolute atomic E-state index is 0.103. The quantitative estimate of drug-likeness (QED) is 0.307. The second-order valence-corrected chi connectivity index (χ2v) is 10.5. The van der Waals surface area contributed by atoms with E-state index in [9.17, 15) is 9.59 Å². The number of amides is 2. The number of carbonyl (C=O) groups excluding carboxylic acids is 2. The lowest BCUT2D eigenvalue weighted by molar-refractivity contribution is -0.143. The molecule has 1 N–H and O–H groups in total. The van der Waals surface area contributed by atoms with E-state index in [1.807, 2.05) is 78.9 Å². The maximum absolute atomic E-state index is 13.7. The topological polar surface area (TPSA) is 58.6 Å². The molecule has 3 aromatic rings. The summed E-state index contributed by atoms with van der Waals surface area (Å²) in [6.45, 7) is 2.28. The van der Waals surface area contributed by atoms with Gasteiger partial charge in [-0.15, -0.1) is 0 Å². The zero-order valence-corrected chi connectivity index (χ0v) is 23.0. The first-order chi connectivity index (χ1) is 18.0. The number of nitrogens with zero attached hydrogens (tertiary/aromatic N) is 1. The number of rotatable bonds is 11. The van der Waals surface area contributed by atoms with Crippen molar-refractivity contribution < 1.29 is 14.3 Å². The zero-order valence-electron chi connectivity index (χ0n) is 21.4. The summed E-state index contributed by atoms with van der Waals surface area (Å²) >= 11 is 3.48. The molecule has 4 rings (SSSR count). The number of hydrogen-bond donors (Lipinski definition) is 1. The van der Waals surface area contributed by atoms with Crippen LogP contribution in [-0.2, 0) is 29.0 Å². The van der Waals surface area contributed by atoms with Crippen molar-refractivity contribution in [1.29, 1.82) is 0 Å². The van der Waals surface area contributed by atoms with E-state index in [0.29, 0.717) is 18.7 Å². The minimum Gasteiger partial charge on any atom is -0.484 e. The maximum Gasteiger partial charge on any atom is 0.261 e. The fourth-order valence-electron chi connectivity index (χ4n) is 4.76. The average Bonchev–Trinajstić information content (AvgIpc) is 3.44. The lowest BCUT2D eigenvalue weighted by atomic mass is 10.0. The second-order valence-electron chi connectivity index (χ2n) is 9.63. The fraction of sp³-hybridized carbons (Fsp3) is 0.355. The number of aryl methyl sites for hydroxylation is 1. The molecule has 2 amide bonds. The van der Waals surface area contributed by atoms with Crippen LogP contribution in [0.3, 0.4) is 0 Å². The van der Waals surface area contributed by atoms with E-state index in [-0.39, 0.29) is 24.5 Å². The molecule has 0 radical (unpaired) electrons. The Morgan fingerprint density at radius 3 is 2.22 bits per heavy atom. The van der Waals surface area contributed by atoms with Crippen LogP contribution in [0.4, 0.5) is 0 Å². The molecule has 1 aliphatic carbocycles. The van der Waals surface area contributed by atoms with Gasteiger partial charge >= 0.3 is 0 Å². The predicted molar refractivity (Wildman–Crippen MR) is 150 cm³/mol. The van der Waals surface area contributed by atoms with Gasteiger partial charge in [-0.1, -0.05) is 90.3 Å². The van der Waals surface area contributed by atoms with Crippen molar-refractivity contribution >= 4 is 27.7 Å². The van der Waals surface area contributed by atoms with E-state index in [4.69, 9.17) is 4.74 Å². The van der Waals surface area contributed by atoms with Crippen LogP contribution < -0.4 is 10.1 Å². The standard InChI is InChI=1S/C31H35BrN2O3/c1-2-23-14-18-28(19-15-23)37-22-30(35)34(21-25-12-16-26(32)17-13-25)29(20-24-8-4-3-5-9-24)31(36)33-27-10-6-7-11-27/h3-5,8-9,12-19,27,29H,2,6-7,10-11,20-22H2,1H3,(H,33,36)/t29-/m1/s1. The molecule has 194 valence electrons. The van der Waals surface area contributed by atoms with Gasteiger partial charge in [-0.2, -0.15) is 0 Å². The molecule has 1 atom stereocenters. The molecule has 0 aromatic heterocycles. The summed E-state index contributed by atoms with van der Waals surface area (Å²) in [6.07, 6.45) is 5.61. The van der Waals surface area contributed by atoms with Crippen molar-refractivity contribution in [3.8, 4) is 5.75 Å². The molecule has 1 aliphatic rings. The first kappa shape index (κ1) is 26.9. The summed E-state index contributed by atoms with van der Waals surface area (Å²) in [5.41, 5.74) is 3.18. The largest absolute Gasteiger partial charge is 0.484 e. The van der Waals surface area contributed by atoms with Crippen LogP contribution >= 0.6 is 15.9 Å². The molecule has 5 nitrogen and oxygen atoms in total. The highest BCUT2D eigenvalue weighted by Crippen LogP contribution is 2.21. The van der Waals surface area contributed by atoms with Crippen molar-refractivity contribution in [2.45, 2.75) is 64.1 Å².